The molecule has 4 rings (SSSR count). The van der Waals surface area contributed by atoms with Crippen molar-refractivity contribution in [1.29, 1.82) is 0 Å². The fraction of sp³-hybridized carbons (Fsp3) is 0.292. The van der Waals surface area contributed by atoms with Crippen LogP contribution in [0.2, 0.25) is 0 Å². The Morgan fingerprint density at radius 3 is 2.41 bits per heavy atom. The van der Waals surface area contributed by atoms with Crippen LogP contribution in [0.3, 0.4) is 0 Å². The van der Waals surface area contributed by atoms with E-state index in [1.807, 2.05) is 59.3 Å². The average molecular weight is 432 g/mol. The molecule has 2 heterocycles. The Kier molecular flexibility index (Phi) is 6.81. The fourth-order valence-electron chi connectivity index (χ4n) is 3.52. The van der Waals surface area contributed by atoms with Crippen LogP contribution in [0.15, 0.2) is 60.8 Å². The zero-order valence-electron chi connectivity index (χ0n) is 18.7. The minimum atomic E-state index is 0.568. The van der Waals surface area contributed by atoms with Crippen LogP contribution in [0.1, 0.15) is 13.8 Å². The zero-order valence-corrected chi connectivity index (χ0v) is 18.7. The number of para-hydroxylation sites is 1. The standard InChI is InChI=1S/C24H29N7O/c1-4-30(5-2)16-15-25-24-28-22(27-18-11-13-20(32-3)14-12-18)21-17-26-31(23(21)29-24)19-9-7-6-8-10-19/h6-14,17H,4-5,15-16H2,1-3H3,(H2,25,27,28,29). The van der Waals surface area contributed by atoms with Crippen LogP contribution in [0.5, 0.6) is 5.75 Å². The lowest BCUT2D eigenvalue weighted by atomic mass is 10.3. The number of nitrogens with one attached hydrogen (secondary N) is 2. The molecule has 0 aliphatic heterocycles. The summed E-state index contributed by atoms with van der Waals surface area (Å²) in [5.74, 6) is 2.07. The van der Waals surface area contributed by atoms with Crippen molar-refractivity contribution in [3.8, 4) is 11.4 Å². The molecule has 8 nitrogen and oxygen atoms in total. The van der Waals surface area contributed by atoms with Gasteiger partial charge in [0, 0.05) is 18.8 Å². The van der Waals surface area contributed by atoms with Crippen LogP contribution in [-0.4, -0.2) is 57.9 Å². The Hall–Kier alpha value is -3.65. The third-order valence-corrected chi connectivity index (χ3v) is 5.39. The van der Waals surface area contributed by atoms with Gasteiger partial charge < -0.3 is 20.3 Å². The van der Waals surface area contributed by atoms with Crippen molar-refractivity contribution in [2.75, 3.05) is 43.9 Å². The molecule has 2 N–H and O–H groups in total. The van der Waals surface area contributed by atoms with E-state index in [-0.39, 0.29) is 0 Å². The molecule has 0 saturated heterocycles. The molecule has 2 aromatic heterocycles. The second-order valence-corrected chi connectivity index (χ2v) is 7.33. The maximum Gasteiger partial charge on any atom is 0.226 e. The Bertz CT molecular complexity index is 1140. The van der Waals surface area contributed by atoms with Gasteiger partial charge in [-0.25, -0.2) is 4.68 Å². The summed E-state index contributed by atoms with van der Waals surface area (Å²) in [4.78, 5) is 11.9. The zero-order chi connectivity index (χ0) is 22.3. The van der Waals surface area contributed by atoms with E-state index in [2.05, 4.69) is 34.5 Å². The summed E-state index contributed by atoms with van der Waals surface area (Å²) >= 11 is 0. The van der Waals surface area contributed by atoms with Gasteiger partial charge in [0.1, 0.15) is 11.6 Å². The summed E-state index contributed by atoms with van der Waals surface area (Å²) in [6.07, 6.45) is 1.80. The van der Waals surface area contributed by atoms with E-state index in [1.54, 1.807) is 13.3 Å². The van der Waals surface area contributed by atoms with Crippen LogP contribution >= 0.6 is 0 Å². The van der Waals surface area contributed by atoms with Crippen LogP contribution in [0.25, 0.3) is 16.7 Å². The predicted molar refractivity (Wildman–Crippen MR) is 129 cm³/mol. The molecule has 2 aromatic carbocycles. The Labute approximate surface area is 188 Å². The number of hydrogen-bond donors (Lipinski definition) is 2. The van der Waals surface area contributed by atoms with E-state index in [1.165, 1.54) is 0 Å². The average Bonchev–Trinajstić information content (AvgIpc) is 3.27. The van der Waals surface area contributed by atoms with Crippen molar-refractivity contribution < 1.29 is 4.74 Å². The van der Waals surface area contributed by atoms with Gasteiger partial charge in [-0.3, -0.25) is 0 Å². The van der Waals surface area contributed by atoms with Gasteiger partial charge >= 0.3 is 0 Å². The monoisotopic (exact) mass is 431 g/mol. The Morgan fingerprint density at radius 2 is 1.72 bits per heavy atom. The second kappa shape index (κ2) is 10.1. The highest BCUT2D eigenvalue weighted by atomic mass is 16.5. The second-order valence-electron chi connectivity index (χ2n) is 7.33. The van der Waals surface area contributed by atoms with Gasteiger partial charge in [-0.2, -0.15) is 15.1 Å². The van der Waals surface area contributed by atoms with Gasteiger partial charge in [0.15, 0.2) is 5.65 Å². The lowest BCUT2D eigenvalue weighted by molar-refractivity contribution is 0.316. The molecule has 0 aliphatic rings. The topological polar surface area (TPSA) is 80.1 Å². The first kappa shape index (κ1) is 21.6. The number of ether oxygens (including phenoxy) is 1. The lowest BCUT2D eigenvalue weighted by Gasteiger charge is -2.18. The van der Waals surface area contributed by atoms with Gasteiger partial charge in [0.05, 0.1) is 24.4 Å². The predicted octanol–water partition coefficient (Wildman–Crippen LogP) is 4.32. The molecule has 4 aromatic rings. The van der Waals surface area contributed by atoms with Crippen molar-refractivity contribution in [2.45, 2.75) is 13.8 Å². The van der Waals surface area contributed by atoms with E-state index in [9.17, 15) is 0 Å². The number of methoxy groups -OCH3 is 1. The number of nitrogens with zero attached hydrogens (tertiary/aromatic N) is 5. The van der Waals surface area contributed by atoms with Gasteiger partial charge in [-0.05, 0) is 49.5 Å². The molecule has 0 atom stereocenters. The van der Waals surface area contributed by atoms with Crippen LogP contribution in [-0.2, 0) is 0 Å². The van der Waals surface area contributed by atoms with Crippen LogP contribution in [0.4, 0.5) is 17.5 Å². The molecule has 0 unspecified atom stereocenters. The lowest BCUT2D eigenvalue weighted by Crippen LogP contribution is -2.29. The van der Waals surface area contributed by atoms with Gasteiger partial charge in [-0.1, -0.05) is 32.0 Å². The molecular weight excluding hydrogens is 402 g/mol. The molecule has 0 fully saturated rings. The van der Waals surface area contributed by atoms with E-state index in [0.717, 1.165) is 54.3 Å². The van der Waals surface area contributed by atoms with Crippen molar-refractivity contribution >= 4 is 28.5 Å². The third-order valence-electron chi connectivity index (χ3n) is 5.39. The summed E-state index contributed by atoms with van der Waals surface area (Å²) < 4.78 is 7.10. The van der Waals surface area contributed by atoms with Crippen LogP contribution < -0.4 is 15.4 Å². The highest BCUT2D eigenvalue weighted by Gasteiger charge is 2.15. The molecule has 0 aliphatic carbocycles. The first-order valence-electron chi connectivity index (χ1n) is 10.9. The maximum absolute atomic E-state index is 5.26. The van der Waals surface area contributed by atoms with E-state index < -0.39 is 0 Å². The smallest absolute Gasteiger partial charge is 0.226 e. The largest absolute Gasteiger partial charge is 0.497 e. The first-order chi connectivity index (χ1) is 15.7. The van der Waals surface area contributed by atoms with Crippen molar-refractivity contribution in [3.05, 3.63) is 60.8 Å². The summed E-state index contributed by atoms with van der Waals surface area (Å²) in [5, 5.41) is 12.2. The fourth-order valence-corrected chi connectivity index (χ4v) is 3.52. The first-order valence-corrected chi connectivity index (χ1v) is 10.9. The third kappa shape index (κ3) is 4.81. The minimum absolute atomic E-state index is 0.568. The summed E-state index contributed by atoms with van der Waals surface area (Å²) in [6, 6.07) is 17.7. The molecule has 0 spiro atoms. The molecule has 8 heteroatoms. The molecule has 32 heavy (non-hydrogen) atoms. The Morgan fingerprint density at radius 1 is 0.969 bits per heavy atom. The number of hydrogen-bond acceptors (Lipinski definition) is 7. The molecule has 0 bridgehead atoms. The molecule has 0 amide bonds. The van der Waals surface area contributed by atoms with Gasteiger partial charge in [0.25, 0.3) is 0 Å². The summed E-state index contributed by atoms with van der Waals surface area (Å²) in [6.45, 7) is 8.05. The molecule has 166 valence electrons. The number of aromatic nitrogens is 4. The number of fused-ring (bicyclic) bond motifs is 1. The van der Waals surface area contributed by atoms with Crippen molar-refractivity contribution in [1.82, 2.24) is 24.6 Å². The van der Waals surface area contributed by atoms with Gasteiger partial charge in [0.2, 0.25) is 5.95 Å². The van der Waals surface area contributed by atoms with Crippen molar-refractivity contribution in [3.63, 3.8) is 0 Å². The number of anilines is 3. The van der Waals surface area contributed by atoms with E-state index in [4.69, 9.17) is 14.7 Å². The number of benzene rings is 2. The number of likely N-dealkylation sites (N-methyl/N-ethyl adjacent to an activating group) is 1. The normalized spacial score (nSPS) is 11.1. The number of rotatable bonds is 10. The van der Waals surface area contributed by atoms with E-state index >= 15 is 0 Å². The molecule has 0 saturated carbocycles. The molecular formula is C24H29N7O. The van der Waals surface area contributed by atoms with Crippen molar-refractivity contribution in [2.24, 2.45) is 0 Å². The SMILES string of the molecule is CCN(CC)CCNc1nc(Nc2ccc(OC)cc2)c2cnn(-c3ccccc3)c2n1. The quantitative estimate of drug-likeness (QED) is 0.387. The highest BCUT2D eigenvalue weighted by molar-refractivity contribution is 5.90. The highest BCUT2D eigenvalue weighted by Crippen LogP contribution is 2.27. The Balaban J connectivity index is 1.68. The maximum atomic E-state index is 5.26. The van der Waals surface area contributed by atoms with Crippen LogP contribution in [0, 0.1) is 0 Å². The minimum Gasteiger partial charge on any atom is -0.497 e. The van der Waals surface area contributed by atoms with E-state index in [0.29, 0.717) is 11.8 Å². The summed E-state index contributed by atoms with van der Waals surface area (Å²) in [7, 11) is 1.66. The molecule has 0 radical (unpaired) electrons. The summed E-state index contributed by atoms with van der Waals surface area (Å²) in [5.41, 5.74) is 2.60. The van der Waals surface area contributed by atoms with Gasteiger partial charge in [-0.15, -0.1) is 0 Å².